The highest BCUT2D eigenvalue weighted by Crippen LogP contribution is 2.26. The van der Waals surface area contributed by atoms with Gasteiger partial charge < -0.3 is 5.73 Å². The minimum Gasteiger partial charge on any atom is -0.368 e. The van der Waals surface area contributed by atoms with E-state index in [1.165, 1.54) is 16.7 Å². The summed E-state index contributed by atoms with van der Waals surface area (Å²) in [6.45, 7) is 5.33. The summed E-state index contributed by atoms with van der Waals surface area (Å²) in [6.07, 6.45) is 3.41. The van der Waals surface area contributed by atoms with E-state index in [0.29, 0.717) is 24.9 Å². The smallest absolute Gasteiger partial charge is 0.246 e. The largest absolute Gasteiger partial charge is 0.368 e. The van der Waals surface area contributed by atoms with Crippen LogP contribution in [0.4, 0.5) is 5.95 Å². The second-order valence-corrected chi connectivity index (χ2v) is 6.82. The topological polar surface area (TPSA) is 89.2 Å². The third-order valence-corrected chi connectivity index (χ3v) is 5.40. The summed E-state index contributed by atoms with van der Waals surface area (Å²) in [7, 11) is -3.48. The molecule has 100 valence electrons. The van der Waals surface area contributed by atoms with Gasteiger partial charge in [-0.05, 0) is 18.3 Å². The molecule has 0 radical (unpaired) electrons. The summed E-state index contributed by atoms with van der Waals surface area (Å²) >= 11 is 0. The second kappa shape index (κ2) is 4.81. The zero-order chi connectivity index (χ0) is 13.3. The molecule has 1 aromatic heterocycles. The van der Waals surface area contributed by atoms with Gasteiger partial charge in [0.15, 0.2) is 0 Å². The van der Waals surface area contributed by atoms with Crippen LogP contribution in [-0.2, 0) is 10.0 Å². The average Bonchev–Trinajstić information content (AvgIpc) is 2.33. The van der Waals surface area contributed by atoms with Gasteiger partial charge in [0.25, 0.3) is 0 Å². The quantitative estimate of drug-likeness (QED) is 0.855. The molecule has 2 atom stereocenters. The molecule has 6 nitrogen and oxygen atoms in total. The van der Waals surface area contributed by atoms with Gasteiger partial charge in [-0.15, -0.1) is 0 Å². The lowest BCUT2D eigenvalue weighted by atomic mass is 9.90. The van der Waals surface area contributed by atoms with Crippen molar-refractivity contribution < 1.29 is 8.42 Å². The van der Waals surface area contributed by atoms with Crippen molar-refractivity contribution in [3.8, 4) is 0 Å². The predicted octanol–water partition coefficient (Wildman–Crippen LogP) is 0.725. The van der Waals surface area contributed by atoms with Crippen LogP contribution in [0, 0.1) is 11.8 Å². The first-order valence-corrected chi connectivity index (χ1v) is 7.43. The van der Waals surface area contributed by atoms with E-state index >= 15 is 0 Å². The molecule has 2 N–H and O–H groups in total. The molecule has 0 saturated carbocycles. The highest BCUT2D eigenvalue weighted by molar-refractivity contribution is 7.89. The number of nitrogens with zero attached hydrogens (tertiary/aromatic N) is 3. The van der Waals surface area contributed by atoms with E-state index in [-0.39, 0.29) is 10.8 Å². The molecule has 7 heteroatoms. The van der Waals surface area contributed by atoms with Crippen LogP contribution in [0.15, 0.2) is 17.3 Å². The van der Waals surface area contributed by atoms with Crippen LogP contribution in [0.1, 0.15) is 20.3 Å². The van der Waals surface area contributed by atoms with Gasteiger partial charge in [-0.3, -0.25) is 0 Å². The third-order valence-electron chi connectivity index (χ3n) is 3.58. The standard InChI is InChI=1S/C11H18N4O2S/c1-8-3-4-15(7-9(8)2)18(16,17)10-5-13-11(12)14-6-10/h5-6,8-9H,3-4,7H2,1-2H3,(H2,12,13,14). The highest BCUT2D eigenvalue weighted by Gasteiger charge is 2.32. The molecule has 1 fully saturated rings. The van der Waals surface area contributed by atoms with Gasteiger partial charge in [0.2, 0.25) is 16.0 Å². The van der Waals surface area contributed by atoms with Gasteiger partial charge in [0, 0.05) is 13.1 Å². The lowest BCUT2D eigenvalue weighted by molar-refractivity contribution is 0.212. The Morgan fingerprint density at radius 1 is 1.28 bits per heavy atom. The lowest BCUT2D eigenvalue weighted by Gasteiger charge is -2.34. The van der Waals surface area contributed by atoms with E-state index in [2.05, 4.69) is 23.8 Å². The molecular formula is C11H18N4O2S. The maximum absolute atomic E-state index is 12.4. The summed E-state index contributed by atoms with van der Waals surface area (Å²) < 4.78 is 26.2. The molecule has 0 bridgehead atoms. The van der Waals surface area contributed by atoms with Gasteiger partial charge in [-0.1, -0.05) is 13.8 Å². The van der Waals surface area contributed by atoms with Crippen molar-refractivity contribution in [2.75, 3.05) is 18.8 Å². The zero-order valence-corrected chi connectivity index (χ0v) is 11.4. The summed E-state index contributed by atoms with van der Waals surface area (Å²) in [5.74, 6) is 0.997. The number of rotatable bonds is 2. The van der Waals surface area contributed by atoms with E-state index in [0.717, 1.165) is 6.42 Å². The molecular weight excluding hydrogens is 252 g/mol. The first-order chi connectivity index (χ1) is 8.41. The summed E-state index contributed by atoms with van der Waals surface area (Å²) in [5.41, 5.74) is 5.36. The second-order valence-electron chi connectivity index (χ2n) is 4.88. The number of piperidine rings is 1. The number of nitrogen functional groups attached to an aromatic ring is 1. The molecule has 1 saturated heterocycles. The molecule has 1 aromatic rings. The van der Waals surface area contributed by atoms with Crippen LogP contribution in [0.3, 0.4) is 0 Å². The van der Waals surface area contributed by atoms with Crippen molar-refractivity contribution in [1.29, 1.82) is 0 Å². The average molecular weight is 270 g/mol. The maximum Gasteiger partial charge on any atom is 0.246 e. The molecule has 1 aliphatic rings. The van der Waals surface area contributed by atoms with Gasteiger partial charge in [0.1, 0.15) is 4.90 Å². The van der Waals surface area contributed by atoms with Gasteiger partial charge in [0.05, 0.1) is 12.4 Å². The first kappa shape index (κ1) is 13.2. The normalized spacial score (nSPS) is 26.1. The van der Waals surface area contributed by atoms with E-state index in [9.17, 15) is 8.42 Å². The molecule has 0 spiro atoms. The third kappa shape index (κ3) is 2.46. The maximum atomic E-state index is 12.4. The van der Waals surface area contributed by atoms with Crippen LogP contribution >= 0.6 is 0 Å². The number of hydrogen-bond acceptors (Lipinski definition) is 5. The van der Waals surface area contributed by atoms with Crippen molar-refractivity contribution in [3.05, 3.63) is 12.4 Å². The molecule has 18 heavy (non-hydrogen) atoms. The van der Waals surface area contributed by atoms with E-state index < -0.39 is 10.0 Å². The molecule has 0 aliphatic carbocycles. The molecule has 0 amide bonds. The predicted molar refractivity (Wildman–Crippen MR) is 68.1 cm³/mol. The number of sulfonamides is 1. The Morgan fingerprint density at radius 2 is 1.89 bits per heavy atom. The van der Waals surface area contributed by atoms with Crippen molar-refractivity contribution in [3.63, 3.8) is 0 Å². The Hall–Kier alpha value is -1.21. The minimum atomic E-state index is -3.48. The highest BCUT2D eigenvalue weighted by atomic mass is 32.2. The van der Waals surface area contributed by atoms with Crippen LogP contribution in [0.2, 0.25) is 0 Å². The van der Waals surface area contributed by atoms with E-state index in [1.807, 2.05) is 0 Å². The van der Waals surface area contributed by atoms with Crippen LogP contribution in [0.25, 0.3) is 0 Å². The van der Waals surface area contributed by atoms with Crippen LogP contribution in [-0.4, -0.2) is 35.8 Å². The first-order valence-electron chi connectivity index (χ1n) is 5.99. The summed E-state index contributed by atoms with van der Waals surface area (Å²) in [6, 6.07) is 0. The fourth-order valence-corrected chi connectivity index (χ4v) is 3.50. The Bertz CT molecular complexity index is 514. The number of hydrogen-bond donors (Lipinski definition) is 1. The number of anilines is 1. The fraction of sp³-hybridized carbons (Fsp3) is 0.636. The van der Waals surface area contributed by atoms with Crippen LogP contribution < -0.4 is 5.73 Å². The molecule has 2 rings (SSSR count). The Morgan fingerprint density at radius 3 is 2.44 bits per heavy atom. The Kier molecular flexibility index (Phi) is 3.54. The molecule has 2 unspecified atom stereocenters. The van der Waals surface area contributed by atoms with Crippen molar-refractivity contribution >= 4 is 16.0 Å². The monoisotopic (exact) mass is 270 g/mol. The Balaban J connectivity index is 2.24. The van der Waals surface area contributed by atoms with Gasteiger partial charge in [-0.25, -0.2) is 18.4 Å². The lowest BCUT2D eigenvalue weighted by Crippen LogP contribution is -2.42. The fourth-order valence-electron chi connectivity index (χ4n) is 2.05. The summed E-state index contributed by atoms with van der Waals surface area (Å²) in [5, 5.41) is 0. The molecule has 1 aliphatic heterocycles. The van der Waals surface area contributed by atoms with Crippen molar-refractivity contribution in [2.24, 2.45) is 11.8 Å². The van der Waals surface area contributed by atoms with Crippen LogP contribution in [0.5, 0.6) is 0 Å². The molecule has 0 aromatic carbocycles. The van der Waals surface area contributed by atoms with Crippen molar-refractivity contribution in [2.45, 2.75) is 25.2 Å². The Labute approximate surface area is 107 Å². The minimum absolute atomic E-state index is 0.0783. The van der Waals surface area contributed by atoms with Gasteiger partial charge >= 0.3 is 0 Å². The number of aromatic nitrogens is 2. The van der Waals surface area contributed by atoms with Gasteiger partial charge in [-0.2, -0.15) is 4.31 Å². The zero-order valence-electron chi connectivity index (χ0n) is 10.6. The summed E-state index contributed by atoms with van der Waals surface area (Å²) in [4.78, 5) is 7.58. The van der Waals surface area contributed by atoms with E-state index in [1.54, 1.807) is 0 Å². The molecule has 2 heterocycles. The SMILES string of the molecule is CC1CCN(S(=O)(=O)c2cnc(N)nc2)CC1C. The number of nitrogens with two attached hydrogens (primary N) is 1. The van der Waals surface area contributed by atoms with Crippen molar-refractivity contribution in [1.82, 2.24) is 14.3 Å². The van der Waals surface area contributed by atoms with E-state index in [4.69, 9.17) is 5.73 Å².